The molecule has 0 bridgehead atoms. The maximum Gasteiger partial charge on any atom is 0.297 e. The van der Waals surface area contributed by atoms with Crippen LogP contribution in [-0.2, 0) is 6.54 Å². The lowest BCUT2D eigenvalue weighted by Crippen LogP contribution is -2.33. The zero-order valence-electron chi connectivity index (χ0n) is 9.10. The number of aryl methyl sites for hydroxylation is 1. The minimum atomic E-state index is 0.983. The van der Waals surface area contributed by atoms with Crippen LogP contribution in [0.2, 0.25) is 0 Å². The molecule has 0 radical (unpaired) electrons. The number of aromatic amines is 1. The third-order valence-electron chi connectivity index (χ3n) is 2.79. The minimum absolute atomic E-state index is 0.983. The summed E-state index contributed by atoms with van der Waals surface area (Å²) in [5, 5.41) is 2.11. The Hall–Kier alpha value is -1.61. The Morgan fingerprint density at radius 3 is 2.81 bits per heavy atom. The van der Waals surface area contributed by atoms with E-state index in [0.717, 1.165) is 6.54 Å². The van der Waals surface area contributed by atoms with Crippen molar-refractivity contribution in [3.8, 4) is 10.7 Å². The van der Waals surface area contributed by atoms with Crippen LogP contribution in [0.4, 0.5) is 0 Å². The van der Waals surface area contributed by atoms with Gasteiger partial charge in [-0.1, -0.05) is 18.2 Å². The highest BCUT2D eigenvalue weighted by Gasteiger charge is 2.18. The molecule has 3 rings (SSSR count). The molecule has 0 fully saturated rings. The number of H-pyrrole nitrogens is 1. The molecule has 2 nitrogen and oxygen atoms in total. The second-order valence-electron chi connectivity index (χ2n) is 3.71. The van der Waals surface area contributed by atoms with E-state index in [1.54, 1.807) is 11.3 Å². The van der Waals surface area contributed by atoms with Gasteiger partial charge in [-0.25, -0.2) is 9.55 Å². The number of thiophene rings is 1. The van der Waals surface area contributed by atoms with Crippen molar-refractivity contribution >= 4 is 22.4 Å². The number of hydrogen-bond acceptors (Lipinski definition) is 1. The van der Waals surface area contributed by atoms with E-state index in [2.05, 4.69) is 58.3 Å². The van der Waals surface area contributed by atoms with Crippen LogP contribution in [0.1, 0.15) is 6.92 Å². The van der Waals surface area contributed by atoms with Gasteiger partial charge in [-0.15, -0.1) is 11.3 Å². The lowest BCUT2D eigenvalue weighted by molar-refractivity contribution is -0.656. The summed E-state index contributed by atoms with van der Waals surface area (Å²) in [5.74, 6) is 1.21. The van der Waals surface area contributed by atoms with Crippen molar-refractivity contribution in [2.45, 2.75) is 13.5 Å². The summed E-state index contributed by atoms with van der Waals surface area (Å²) in [6, 6.07) is 12.7. The number of benzene rings is 1. The molecule has 0 aliphatic carbocycles. The first kappa shape index (κ1) is 9.60. The minimum Gasteiger partial charge on any atom is -0.236 e. The third-order valence-corrected chi connectivity index (χ3v) is 3.67. The van der Waals surface area contributed by atoms with E-state index < -0.39 is 0 Å². The molecule has 0 spiro atoms. The van der Waals surface area contributed by atoms with Gasteiger partial charge >= 0.3 is 0 Å². The number of fused-ring (bicyclic) bond motifs is 1. The summed E-state index contributed by atoms with van der Waals surface area (Å²) < 4.78 is 2.32. The standard InChI is InChI=1S/C13H12N2S/c1-2-15-11-7-4-3-6-10(11)14-13(15)12-8-5-9-16-12/h3-9H,2H2,1H3/p+1. The maximum absolute atomic E-state index is 3.49. The van der Waals surface area contributed by atoms with E-state index in [1.165, 1.54) is 21.7 Å². The molecule has 0 atom stereocenters. The van der Waals surface area contributed by atoms with Crippen molar-refractivity contribution in [2.75, 3.05) is 0 Å². The van der Waals surface area contributed by atoms with Crippen molar-refractivity contribution < 1.29 is 4.57 Å². The van der Waals surface area contributed by atoms with E-state index in [-0.39, 0.29) is 0 Å². The summed E-state index contributed by atoms with van der Waals surface area (Å²) in [5.41, 5.74) is 2.47. The van der Waals surface area contributed by atoms with Gasteiger partial charge in [0.15, 0.2) is 11.0 Å². The number of imidazole rings is 1. The van der Waals surface area contributed by atoms with Crippen molar-refractivity contribution in [1.29, 1.82) is 0 Å². The zero-order valence-corrected chi connectivity index (χ0v) is 9.92. The second kappa shape index (κ2) is 3.76. The molecule has 0 saturated carbocycles. The predicted molar refractivity (Wildman–Crippen MR) is 67.5 cm³/mol. The number of nitrogens with one attached hydrogen (secondary N) is 1. The lowest BCUT2D eigenvalue weighted by Gasteiger charge is -1.94. The Morgan fingerprint density at radius 2 is 2.06 bits per heavy atom. The monoisotopic (exact) mass is 229 g/mol. The maximum atomic E-state index is 3.49. The Balaban J connectivity index is 2.32. The number of rotatable bonds is 2. The number of nitrogens with zero attached hydrogens (tertiary/aromatic N) is 1. The fraction of sp³-hybridized carbons (Fsp3) is 0.154. The molecular weight excluding hydrogens is 216 g/mol. The first-order chi connectivity index (χ1) is 7.90. The highest BCUT2D eigenvalue weighted by atomic mass is 32.1. The van der Waals surface area contributed by atoms with Gasteiger partial charge in [-0.05, 0) is 30.5 Å². The Morgan fingerprint density at radius 1 is 1.19 bits per heavy atom. The van der Waals surface area contributed by atoms with Crippen LogP contribution in [0.25, 0.3) is 21.7 Å². The van der Waals surface area contributed by atoms with Gasteiger partial charge < -0.3 is 0 Å². The molecule has 2 heterocycles. The van der Waals surface area contributed by atoms with Gasteiger partial charge in [0.2, 0.25) is 0 Å². The van der Waals surface area contributed by atoms with E-state index in [4.69, 9.17) is 0 Å². The normalized spacial score (nSPS) is 11.1. The van der Waals surface area contributed by atoms with Gasteiger partial charge in [0.1, 0.15) is 4.88 Å². The Bertz CT molecular complexity index is 608. The molecule has 1 N–H and O–H groups in total. The Labute approximate surface area is 98.2 Å². The van der Waals surface area contributed by atoms with E-state index in [0.29, 0.717) is 0 Å². The molecule has 0 unspecified atom stereocenters. The van der Waals surface area contributed by atoms with E-state index in [1.807, 2.05) is 0 Å². The van der Waals surface area contributed by atoms with Crippen LogP contribution in [0.3, 0.4) is 0 Å². The molecule has 2 aromatic heterocycles. The third kappa shape index (κ3) is 1.36. The van der Waals surface area contributed by atoms with Crippen LogP contribution in [0.15, 0.2) is 41.8 Å². The number of hydrogen-bond donors (Lipinski definition) is 1. The van der Waals surface area contributed by atoms with E-state index >= 15 is 0 Å². The van der Waals surface area contributed by atoms with Crippen molar-refractivity contribution in [1.82, 2.24) is 4.98 Å². The number of para-hydroxylation sites is 2. The topological polar surface area (TPSA) is 19.7 Å². The van der Waals surface area contributed by atoms with Crippen molar-refractivity contribution in [2.24, 2.45) is 0 Å². The molecule has 0 aliphatic heterocycles. The molecule has 1 aromatic carbocycles. The summed E-state index contributed by atoms with van der Waals surface area (Å²) in [4.78, 5) is 4.78. The largest absolute Gasteiger partial charge is 0.297 e. The first-order valence-corrected chi connectivity index (χ1v) is 6.32. The van der Waals surface area contributed by atoms with Gasteiger partial charge in [0.05, 0.1) is 6.54 Å². The van der Waals surface area contributed by atoms with Crippen LogP contribution in [0.5, 0.6) is 0 Å². The summed E-state index contributed by atoms with van der Waals surface area (Å²) in [7, 11) is 0. The molecule has 80 valence electrons. The molecular formula is C13H13N2S+. The van der Waals surface area contributed by atoms with Gasteiger partial charge in [0, 0.05) is 0 Å². The quantitative estimate of drug-likeness (QED) is 0.651. The highest BCUT2D eigenvalue weighted by molar-refractivity contribution is 7.13. The van der Waals surface area contributed by atoms with Gasteiger partial charge in [0.25, 0.3) is 5.82 Å². The van der Waals surface area contributed by atoms with E-state index in [9.17, 15) is 0 Å². The Kier molecular flexibility index (Phi) is 2.26. The molecule has 0 aliphatic rings. The molecule has 0 amide bonds. The fourth-order valence-corrected chi connectivity index (χ4v) is 2.80. The highest BCUT2D eigenvalue weighted by Crippen LogP contribution is 2.22. The van der Waals surface area contributed by atoms with Crippen molar-refractivity contribution in [3.63, 3.8) is 0 Å². The average Bonchev–Trinajstić information content (AvgIpc) is 2.95. The summed E-state index contributed by atoms with van der Waals surface area (Å²) in [6.07, 6.45) is 0. The number of aromatic nitrogens is 2. The molecule has 3 heteroatoms. The molecule has 3 aromatic rings. The van der Waals surface area contributed by atoms with Gasteiger partial charge in [-0.2, -0.15) is 0 Å². The molecule has 16 heavy (non-hydrogen) atoms. The predicted octanol–water partition coefficient (Wildman–Crippen LogP) is 3.20. The fourth-order valence-electron chi connectivity index (χ4n) is 2.07. The summed E-state index contributed by atoms with van der Waals surface area (Å²) >= 11 is 1.77. The summed E-state index contributed by atoms with van der Waals surface area (Å²) in [6.45, 7) is 3.16. The zero-order chi connectivity index (χ0) is 11.0. The molecule has 0 saturated heterocycles. The smallest absolute Gasteiger partial charge is 0.236 e. The second-order valence-corrected chi connectivity index (χ2v) is 4.66. The average molecular weight is 229 g/mol. The lowest BCUT2D eigenvalue weighted by atomic mass is 10.3. The van der Waals surface area contributed by atoms with Gasteiger partial charge in [-0.3, -0.25) is 0 Å². The van der Waals surface area contributed by atoms with Crippen LogP contribution >= 0.6 is 11.3 Å². The van der Waals surface area contributed by atoms with Crippen LogP contribution in [-0.4, -0.2) is 4.98 Å². The first-order valence-electron chi connectivity index (χ1n) is 5.44. The van der Waals surface area contributed by atoms with Crippen molar-refractivity contribution in [3.05, 3.63) is 41.8 Å². The van der Waals surface area contributed by atoms with Crippen LogP contribution in [0, 0.1) is 0 Å². The van der Waals surface area contributed by atoms with Crippen LogP contribution < -0.4 is 4.57 Å². The SMILES string of the molecule is CC[n+]1c(-c2cccs2)[nH]c2ccccc21.